The van der Waals surface area contributed by atoms with Crippen molar-refractivity contribution in [2.75, 3.05) is 19.8 Å². The molecule has 14 nitrogen and oxygen atoms in total. The maximum Gasteiger partial charge on any atom is 0.331 e. The van der Waals surface area contributed by atoms with Crippen LogP contribution >= 0.6 is 0 Å². The molecule has 3 aliphatic heterocycles. The Labute approximate surface area is 285 Å². The molecule has 0 aromatic heterocycles. The number of hydrogen-bond donors (Lipinski definition) is 8. The van der Waals surface area contributed by atoms with Gasteiger partial charge in [-0.15, -0.1) is 0 Å². The van der Waals surface area contributed by atoms with Gasteiger partial charge in [0.2, 0.25) is 0 Å². The highest BCUT2D eigenvalue weighted by atomic mass is 16.7. The lowest BCUT2D eigenvalue weighted by atomic mass is 9.43. The Bertz CT molecular complexity index is 1260. The van der Waals surface area contributed by atoms with E-state index in [2.05, 4.69) is 6.92 Å². The van der Waals surface area contributed by atoms with E-state index in [1.165, 1.54) is 0 Å². The van der Waals surface area contributed by atoms with Crippen LogP contribution in [-0.4, -0.2) is 140 Å². The predicted octanol–water partition coefficient (Wildman–Crippen LogP) is -0.747. The molecule has 278 valence electrons. The Balaban J connectivity index is 0.995. The van der Waals surface area contributed by atoms with Gasteiger partial charge in [-0.2, -0.15) is 0 Å². The molecule has 7 aliphatic rings. The zero-order valence-electron chi connectivity index (χ0n) is 28.3. The lowest BCUT2D eigenvalue weighted by Gasteiger charge is -2.64. The van der Waals surface area contributed by atoms with Crippen molar-refractivity contribution >= 4 is 5.97 Å². The summed E-state index contributed by atoms with van der Waals surface area (Å²) in [5, 5.41) is 85.8. The Kier molecular flexibility index (Phi) is 9.80. The van der Waals surface area contributed by atoms with E-state index < -0.39 is 73.6 Å². The van der Waals surface area contributed by atoms with Crippen molar-refractivity contribution in [1.29, 1.82) is 0 Å². The van der Waals surface area contributed by atoms with Gasteiger partial charge in [0.1, 0.15) is 49.3 Å². The number of hydrogen-bond acceptors (Lipinski definition) is 14. The summed E-state index contributed by atoms with van der Waals surface area (Å²) in [5.74, 6) is 0.104. The van der Waals surface area contributed by atoms with Crippen LogP contribution in [0.25, 0.3) is 0 Å². The minimum absolute atomic E-state index is 0.0184. The zero-order valence-corrected chi connectivity index (χ0v) is 28.3. The molecular formula is C35H54O14. The first kappa shape index (κ1) is 36.1. The highest BCUT2D eigenvalue weighted by Gasteiger charge is 2.68. The molecule has 4 saturated carbocycles. The lowest BCUT2D eigenvalue weighted by molar-refractivity contribution is -0.360. The van der Waals surface area contributed by atoms with Gasteiger partial charge in [0, 0.05) is 18.1 Å². The highest BCUT2D eigenvalue weighted by molar-refractivity contribution is 5.85. The third-order valence-corrected chi connectivity index (χ3v) is 14.2. The molecule has 0 bridgehead atoms. The summed E-state index contributed by atoms with van der Waals surface area (Å²) in [6, 6.07) is 0. The third kappa shape index (κ3) is 5.64. The molecule has 2 saturated heterocycles. The summed E-state index contributed by atoms with van der Waals surface area (Å²) >= 11 is 0. The summed E-state index contributed by atoms with van der Waals surface area (Å²) in [4.78, 5) is 11.9. The zero-order chi connectivity index (χ0) is 35.0. The normalized spacial score (nSPS) is 54.4. The number of aliphatic hydroxyl groups is 8. The Morgan fingerprint density at radius 1 is 0.837 bits per heavy atom. The van der Waals surface area contributed by atoms with Crippen LogP contribution in [0.5, 0.6) is 0 Å². The van der Waals surface area contributed by atoms with E-state index in [1.807, 2.05) is 0 Å². The SMILES string of the molecule is C[C@H]1O[C@@H](O[C@H]2CC[C@@]3(CO)C(CCC4C3CC[C@]3(C)[C@@H](C5=CC(=O)OC5)CC[C@]43O)C2)[C@H](O)[C@H](O)[C@H]1O[C@@H]1O[C@H](CO)[C@@H](O)[C@H](O)[C@H]1O. The van der Waals surface area contributed by atoms with Crippen LogP contribution in [0.3, 0.4) is 0 Å². The van der Waals surface area contributed by atoms with Gasteiger partial charge in [0.05, 0.1) is 24.4 Å². The van der Waals surface area contributed by atoms with Crippen molar-refractivity contribution < 1.29 is 69.3 Å². The van der Waals surface area contributed by atoms with E-state index >= 15 is 0 Å². The van der Waals surface area contributed by atoms with Crippen LogP contribution in [0.15, 0.2) is 11.6 Å². The molecule has 4 aliphatic carbocycles. The van der Waals surface area contributed by atoms with Gasteiger partial charge in [-0.05, 0) is 99.4 Å². The molecule has 0 amide bonds. The molecule has 18 atom stereocenters. The number of aliphatic hydroxyl groups excluding tert-OH is 7. The second-order valence-corrected chi connectivity index (χ2v) is 16.2. The molecule has 3 unspecified atom stereocenters. The fraction of sp³-hybridized carbons (Fsp3) is 0.914. The van der Waals surface area contributed by atoms with Crippen molar-refractivity contribution in [1.82, 2.24) is 0 Å². The van der Waals surface area contributed by atoms with E-state index in [9.17, 15) is 45.6 Å². The molecule has 0 radical (unpaired) electrons. The largest absolute Gasteiger partial charge is 0.458 e. The first-order valence-corrected chi connectivity index (χ1v) is 18.1. The summed E-state index contributed by atoms with van der Waals surface area (Å²) in [7, 11) is 0. The van der Waals surface area contributed by atoms with Crippen LogP contribution in [0, 0.1) is 34.5 Å². The molecular weight excluding hydrogens is 644 g/mol. The number of rotatable bonds is 7. The number of fused-ring (bicyclic) bond motifs is 5. The third-order valence-electron chi connectivity index (χ3n) is 14.2. The second-order valence-electron chi connectivity index (χ2n) is 16.2. The van der Waals surface area contributed by atoms with Gasteiger partial charge in [-0.3, -0.25) is 0 Å². The molecule has 0 spiro atoms. The lowest BCUT2D eigenvalue weighted by Crippen LogP contribution is -2.64. The maximum atomic E-state index is 12.5. The molecule has 3 heterocycles. The van der Waals surface area contributed by atoms with Crippen molar-refractivity contribution in [3.63, 3.8) is 0 Å². The van der Waals surface area contributed by atoms with Crippen molar-refractivity contribution in [2.45, 2.75) is 145 Å². The number of ether oxygens (including phenoxy) is 5. The molecule has 14 heteroatoms. The van der Waals surface area contributed by atoms with Crippen LogP contribution < -0.4 is 0 Å². The minimum atomic E-state index is -1.67. The quantitative estimate of drug-likeness (QED) is 0.121. The topological polar surface area (TPSA) is 225 Å². The van der Waals surface area contributed by atoms with E-state index in [1.54, 1.807) is 13.0 Å². The Morgan fingerprint density at radius 2 is 1.57 bits per heavy atom. The average Bonchev–Trinajstić information content (AvgIpc) is 3.64. The first-order chi connectivity index (χ1) is 23.3. The van der Waals surface area contributed by atoms with Crippen molar-refractivity contribution in [2.24, 2.45) is 34.5 Å². The smallest absolute Gasteiger partial charge is 0.331 e. The average molecular weight is 699 g/mol. The number of carbonyl (C=O) groups excluding carboxylic acids is 1. The summed E-state index contributed by atoms with van der Waals surface area (Å²) in [6.45, 7) is 3.47. The Morgan fingerprint density at radius 3 is 2.27 bits per heavy atom. The van der Waals surface area contributed by atoms with Crippen LogP contribution in [-0.2, 0) is 28.5 Å². The van der Waals surface area contributed by atoms with E-state index in [0.717, 1.165) is 37.7 Å². The number of carbonyl (C=O) groups is 1. The van der Waals surface area contributed by atoms with E-state index in [4.69, 9.17) is 23.7 Å². The van der Waals surface area contributed by atoms with Crippen molar-refractivity contribution in [3.8, 4) is 0 Å². The van der Waals surface area contributed by atoms with Crippen LogP contribution in [0.1, 0.15) is 71.6 Å². The van der Waals surface area contributed by atoms with Gasteiger partial charge < -0.3 is 64.5 Å². The summed E-state index contributed by atoms with van der Waals surface area (Å²) in [6.07, 6.45) is -5.76. The van der Waals surface area contributed by atoms with Gasteiger partial charge in [0.15, 0.2) is 12.6 Å². The monoisotopic (exact) mass is 698 g/mol. The minimum Gasteiger partial charge on any atom is -0.458 e. The van der Waals surface area contributed by atoms with E-state index in [-0.39, 0.29) is 53.2 Å². The molecule has 0 aromatic carbocycles. The molecule has 0 aromatic rings. The highest BCUT2D eigenvalue weighted by Crippen LogP contribution is 2.70. The maximum absolute atomic E-state index is 12.5. The summed E-state index contributed by atoms with van der Waals surface area (Å²) < 4.78 is 28.7. The molecule has 8 N–H and O–H groups in total. The fourth-order valence-electron chi connectivity index (χ4n) is 11.4. The second kappa shape index (κ2) is 13.3. The summed E-state index contributed by atoms with van der Waals surface area (Å²) in [5.41, 5.74) is -0.641. The van der Waals surface area contributed by atoms with Gasteiger partial charge in [-0.1, -0.05) is 6.92 Å². The Hall–Kier alpha value is -1.27. The van der Waals surface area contributed by atoms with Crippen LogP contribution in [0.2, 0.25) is 0 Å². The first-order valence-electron chi connectivity index (χ1n) is 18.1. The van der Waals surface area contributed by atoms with Gasteiger partial charge in [-0.25, -0.2) is 4.79 Å². The van der Waals surface area contributed by atoms with Crippen LogP contribution in [0.4, 0.5) is 0 Å². The molecule has 49 heavy (non-hydrogen) atoms. The van der Waals surface area contributed by atoms with Gasteiger partial charge in [0.25, 0.3) is 0 Å². The molecule has 6 fully saturated rings. The predicted molar refractivity (Wildman–Crippen MR) is 167 cm³/mol. The molecule has 7 rings (SSSR count). The van der Waals surface area contributed by atoms with Gasteiger partial charge >= 0.3 is 5.97 Å². The standard InChI is InChI=1S/C35H54O14/c1-16-30(49-32-28(42)26(40)25(39)23(13-36)48-32)27(41)29(43)31(46-16)47-19-5-9-34(15-37)18(12-19)3-4-22-21(34)6-8-33(2)20(7-10-35(22,33)44)17-11-24(38)45-14-17/h11,16,18-23,25-32,36-37,39-44H,3-10,12-15H2,1-2H3/t16-,18?,19+,20-,21?,22?,23-,25-,26+,27+,28-,29-,30+,31+,32+,33-,34-,35+/m1/s1. The number of cyclic esters (lactones) is 1. The number of esters is 1. The van der Waals surface area contributed by atoms with E-state index in [0.29, 0.717) is 32.3 Å². The van der Waals surface area contributed by atoms with Crippen molar-refractivity contribution in [3.05, 3.63) is 11.6 Å². The fourth-order valence-corrected chi connectivity index (χ4v) is 11.4.